The van der Waals surface area contributed by atoms with Gasteiger partial charge in [-0.1, -0.05) is 0 Å². The molecule has 2 heterocycles. The molecule has 0 saturated heterocycles. The zero-order chi connectivity index (χ0) is 13.3. The predicted molar refractivity (Wildman–Crippen MR) is 72.8 cm³/mol. The van der Waals surface area contributed by atoms with Crippen LogP contribution in [0, 0.1) is 6.92 Å². The van der Waals surface area contributed by atoms with Crippen molar-refractivity contribution in [1.29, 1.82) is 0 Å². The number of anilines is 1. The molecule has 2 aromatic rings. The molecule has 0 saturated carbocycles. The maximum atomic E-state index is 11.8. The van der Waals surface area contributed by atoms with Gasteiger partial charge in [0.25, 0.3) is 5.56 Å². The first-order valence-corrected chi connectivity index (χ1v) is 6.25. The highest BCUT2D eigenvalue weighted by Gasteiger charge is 2.12. The Morgan fingerprint density at radius 1 is 1.50 bits per heavy atom. The molecule has 0 aromatic carbocycles. The molecule has 0 fully saturated rings. The van der Waals surface area contributed by atoms with E-state index in [1.165, 1.54) is 10.7 Å². The van der Waals surface area contributed by atoms with Gasteiger partial charge in [-0.25, -0.2) is 4.68 Å². The molecule has 2 aromatic heterocycles. The third-order valence-corrected chi connectivity index (χ3v) is 3.75. The quantitative estimate of drug-likeness (QED) is 0.923. The minimum Gasteiger partial charge on any atom is -0.387 e. The van der Waals surface area contributed by atoms with E-state index < -0.39 is 0 Å². The molecule has 0 spiro atoms. The number of hydrogen-bond acceptors (Lipinski definition) is 4. The summed E-state index contributed by atoms with van der Waals surface area (Å²) in [5.74, 6) is 0. The third kappa shape index (κ3) is 2.31. The zero-order valence-electron chi connectivity index (χ0n) is 10.4. The smallest absolute Gasteiger partial charge is 0.269 e. The monoisotopic (exact) mass is 311 g/mol. The van der Waals surface area contributed by atoms with Gasteiger partial charge in [-0.05, 0) is 22.9 Å². The summed E-state index contributed by atoms with van der Waals surface area (Å²) >= 11 is 3.47. The van der Waals surface area contributed by atoms with Crippen LogP contribution >= 0.6 is 15.9 Å². The predicted octanol–water partition coefficient (Wildman–Crippen LogP) is 1.14. The lowest BCUT2D eigenvalue weighted by Crippen LogP contribution is -2.24. The van der Waals surface area contributed by atoms with Gasteiger partial charge in [-0.3, -0.25) is 9.48 Å². The van der Waals surface area contributed by atoms with Gasteiger partial charge in [0.05, 0.1) is 34.3 Å². The molecule has 1 N–H and O–H groups in total. The second-order valence-electron chi connectivity index (χ2n) is 3.96. The lowest BCUT2D eigenvalue weighted by Gasteiger charge is -2.06. The van der Waals surface area contributed by atoms with Crippen LogP contribution < -0.4 is 10.9 Å². The number of halogens is 1. The minimum atomic E-state index is -0.146. The van der Waals surface area contributed by atoms with E-state index in [9.17, 15) is 4.79 Å². The van der Waals surface area contributed by atoms with E-state index in [-0.39, 0.29) is 5.56 Å². The highest BCUT2D eigenvalue weighted by atomic mass is 79.9. The van der Waals surface area contributed by atoms with Crippen molar-refractivity contribution in [3.63, 3.8) is 0 Å². The summed E-state index contributed by atoms with van der Waals surface area (Å²) in [7, 11) is 3.60. The third-order valence-electron chi connectivity index (χ3n) is 2.72. The van der Waals surface area contributed by atoms with Crippen LogP contribution in [0.25, 0.3) is 0 Å². The van der Waals surface area contributed by atoms with Gasteiger partial charge >= 0.3 is 0 Å². The summed E-state index contributed by atoms with van der Waals surface area (Å²) in [6.07, 6.45) is 1.62. The normalized spacial score (nSPS) is 10.7. The maximum Gasteiger partial charge on any atom is 0.269 e. The van der Waals surface area contributed by atoms with Gasteiger partial charge in [0.15, 0.2) is 0 Å². The number of nitrogens with one attached hydrogen (secondary N) is 1. The Morgan fingerprint density at radius 2 is 2.22 bits per heavy atom. The van der Waals surface area contributed by atoms with E-state index in [4.69, 9.17) is 0 Å². The van der Waals surface area contributed by atoms with Crippen LogP contribution in [0.3, 0.4) is 0 Å². The summed E-state index contributed by atoms with van der Waals surface area (Å²) < 4.78 is 4.07. The van der Waals surface area contributed by atoms with Gasteiger partial charge in [-0.2, -0.15) is 10.2 Å². The molecular formula is C11H14BrN5O. The lowest BCUT2D eigenvalue weighted by atomic mass is 10.3. The largest absolute Gasteiger partial charge is 0.387 e. The number of aryl methyl sites for hydroxylation is 2. The van der Waals surface area contributed by atoms with Crippen molar-refractivity contribution in [1.82, 2.24) is 19.6 Å². The van der Waals surface area contributed by atoms with E-state index in [1.54, 1.807) is 17.9 Å². The van der Waals surface area contributed by atoms with Crippen LogP contribution in [0.1, 0.15) is 11.4 Å². The molecule has 2 rings (SSSR count). The molecule has 0 atom stereocenters. The Morgan fingerprint density at radius 3 is 2.72 bits per heavy atom. The average molecular weight is 312 g/mol. The highest BCUT2D eigenvalue weighted by Crippen LogP contribution is 2.20. The Hall–Kier alpha value is -1.63. The van der Waals surface area contributed by atoms with E-state index in [2.05, 4.69) is 31.4 Å². The molecular weight excluding hydrogens is 298 g/mol. The molecule has 0 aliphatic heterocycles. The molecule has 96 valence electrons. The first-order chi connectivity index (χ1) is 8.52. The molecule has 0 unspecified atom stereocenters. The van der Waals surface area contributed by atoms with Crippen LogP contribution in [0.4, 0.5) is 5.69 Å². The van der Waals surface area contributed by atoms with Crippen molar-refractivity contribution >= 4 is 21.6 Å². The average Bonchev–Trinajstić information content (AvgIpc) is 2.58. The van der Waals surface area contributed by atoms with E-state index in [0.29, 0.717) is 12.2 Å². The molecule has 0 amide bonds. The van der Waals surface area contributed by atoms with Crippen LogP contribution in [0.15, 0.2) is 21.5 Å². The fraction of sp³-hybridized carbons (Fsp3) is 0.364. The van der Waals surface area contributed by atoms with E-state index in [0.717, 1.165) is 15.9 Å². The van der Waals surface area contributed by atoms with Crippen LogP contribution in [-0.4, -0.2) is 26.6 Å². The SMILES string of the molecule is CNc1cnn(Cc2c(Br)c(C)nn2C)c(=O)c1. The van der Waals surface area contributed by atoms with Gasteiger partial charge < -0.3 is 5.32 Å². The molecule has 0 radical (unpaired) electrons. The Balaban J connectivity index is 2.37. The second kappa shape index (κ2) is 4.93. The molecule has 0 aliphatic rings. The maximum absolute atomic E-state index is 11.8. The standard InChI is InChI=1S/C11H14BrN5O/c1-7-11(12)9(16(3)15-7)6-17-10(18)4-8(13-2)5-14-17/h4-5,13H,6H2,1-3H3. The van der Waals surface area contributed by atoms with Gasteiger partial charge in [0.2, 0.25) is 0 Å². The number of hydrogen-bond donors (Lipinski definition) is 1. The number of nitrogens with zero attached hydrogens (tertiary/aromatic N) is 4. The van der Waals surface area contributed by atoms with Gasteiger partial charge in [0.1, 0.15) is 0 Å². The van der Waals surface area contributed by atoms with Crippen LogP contribution in [0.5, 0.6) is 0 Å². The molecule has 6 nitrogen and oxygen atoms in total. The fourth-order valence-corrected chi connectivity index (χ4v) is 2.14. The lowest BCUT2D eigenvalue weighted by molar-refractivity contribution is 0.590. The van der Waals surface area contributed by atoms with E-state index >= 15 is 0 Å². The Bertz CT molecular complexity index is 631. The van der Waals surface area contributed by atoms with Crippen LogP contribution in [-0.2, 0) is 13.6 Å². The molecule has 18 heavy (non-hydrogen) atoms. The van der Waals surface area contributed by atoms with Crippen LogP contribution in [0.2, 0.25) is 0 Å². The second-order valence-corrected chi connectivity index (χ2v) is 4.75. The van der Waals surface area contributed by atoms with Crippen molar-refractivity contribution < 1.29 is 0 Å². The van der Waals surface area contributed by atoms with E-state index in [1.807, 2.05) is 14.0 Å². The topological polar surface area (TPSA) is 64.7 Å². The fourth-order valence-electron chi connectivity index (χ4n) is 1.68. The summed E-state index contributed by atoms with van der Waals surface area (Å²) in [6.45, 7) is 2.30. The zero-order valence-corrected chi connectivity index (χ0v) is 12.0. The van der Waals surface area contributed by atoms with Gasteiger partial charge in [-0.15, -0.1) is 0 Å². The van der Waals surface area contributed by atoms with Crippen molar-refractivity contribution in [2.75, 3.05) is 12.4 Å². The van der Waals surface area contributed by atoms with Gasteiger partial charge in [0, 0.05) is 20.2 Å². The Kier molecular flexibility index (Phi) is 3.51. The minimum absolute atomic E-state index is 0.146. The summed E-state index contributed by atoms with van der Waals surface area (Å²) in [5, 5.41) is 11.3. The number of aromatic nitrogens is 4. The summed E-state index contributed by atoms with van der Waals surface area (Å²) in [6, 6.07) is 1.52. The Labute approximate surface area is 113 Å². The first-order valence-electron chi connectivity index (χ1n) is 5.46. The van der Waals surface area contributed by atoms with Crippen molar-refractivity contribution in [2.24, 2.45) is 7.05 Å². The molecule has 0 aliphatic carbocycles. The summed E-state index contributed by atoms with van der Waals surface area (Å²) in [4.78, 5) is 11.8. The molecule has 7 heteroatoms. The van der Waals surface area contributed by atoms with Crippen molar-refractivity contribution in [3.8, 4) is 0 Å². The molecule has 0 bridgehead atoms. The first kappa shape index (κ1) is 12.8. The summed E-state index contributed by atoms with van der Waals surface area (Å²) in [5.41, 5.74) is 2.37. The highest BCUT2D eigenvalue weighted by molar-refractivity contribution is 9.10. The van der Waals surface area contributed by atoms with Crippen molar-refractivity contribution in [2.45, 2.75) is 13.5 Å². The van der Waals surface area contributed by atoms with Crippen molar-refractivity contribution in [3.05, 3.63) is 38.5 Å². The number of rotatable bonds is 3.